The zero-order valence-corrected chi connectivity index (χ0v) is 11.3. The van der Waals surface area contributed by atoms with Crippen molar-refractivity contribution in [1.29, 1.82) is 0 Å². The molecule has 1 rings (SSSR count). The Morgan fingerprint density at radius 2 is 1.33 bits per heavy atom. The molecule has 1 aromatic rings. The van der Waals surface area contributed by atoms with Gasteiger partial charge in [0.1, 0.15) is 5.56 Å². The monoisotopic (exact) mass is 308 g/mol. The Morgan fingerprint density at radius 3 is 1.76 bits per heavy atom. The smallest absolute Gasteiger partial charge is 0.344 e. The molecule has 0 atom stereocenters. The number of rotatable bonds is 5. The first-order chi connectivity index (χ1) is 9.84. The van der Waals surface area contributed by atoms with Gasteiger partial charge >= 0.3 is 11.9 Å². The summed E-state index contributed by atoms with van der Waals surface area (Å²) in [6.07, 6.45) is -0.998. The first-order valence-corrected chi connectivity index (χ1v) is 6.02. The van der Waals surface area contributed by atoms with Crippen LogP contribution in [0.15, 0.2) is 0 Å². The summed E-state index contributed by atoms with van der Waals surface area (Å²) in [5.74, 6) is -10.1. The van der Waals surface area contributed by atoms with Gasteiger partial charge in [-0.15, -0.1) is 0 Å². The highest BCUT2D eigenvalue weighted by Crippen LogP contribution is 2.25. The van der Waals surface area contributed by atoms with Crippen molar-refractivity contribution < 1.29 is 36.6 Å². The van der Waals surface area contributed by atoms with Gasteiger partial charge in [0.15, 0.2) is 23.3 Å². The summed E-state index contributed by atoms with van der Waals surface area (Å²) in [5.41, 5.74) is -2.61. The fourth-order valence-corrected chi connectivity index (χ4v) is 1.57. The summed E-state index contributed by atoms with van der Waals surface area (Å²) in [6, 6.07) is 0. The highest BCUT2D eigenvalue weighted by molar-refractivity contribution is 5.90. The molecular formula is C13H12F4O4. The first-order valence-electron chi connectivity index (χ1n) is 6.02. The largest absolute Gasteiger partial charge is 0.466 e. The third-order valence-electron chi connectivity index (χ3n) is 2.46. The Labute approximate surface area is 117 Å². The number of hydrogen-bond acceptors (Lipinski definition) is 4. The Balaban J connectivity index is 3.33. The van der Waals surface area contributed by atoms with Gasteiger partial charge in [0.05, 0.1) is 19.6 Å². The van der Waals surface area contributed by atoms with Crippen LogP contribution in [0.4, 0.5) is 17.6 Å². The molecule has 1 aromatic carbocycles. The zero-order chi connectivity index (χ0) is 16.2. The number of hydrogen-bond donors (Lipinski definition) is 0. The lowest BCUT2D eigenvalue weighted by Gasteiger charge is -2.11. The topological polar surface area (TPSA) is 52.6 Å². The van der Waals surface area contributed by atoms with Crippen LogP contribution in [-0.4, -0.2) is 25.2 Å². The quantitative estimate of drug-likeness (QED) is 0.476. The van der Waals surface area contributed by atoms with E-state index >= 15 is 0 Å². The van der Waals surface area contributed by atoms with Crippen molar-refractivity contribution in [3.05, 3.63) is 34.4 Å². The average molecular weight is 308 g/mol. The summed E-state index contributed by atoms with van der Waals surface area (Å²) in [6.45, 7) is 2.52. The van der Waals surface area contributed by atoms with Crippen molar-refractivity contribution in [1.82, 2.24) is 0 Å². The molecule has 8 heteroatoms. The number of esters is 2. The Hall–Kier alpha value is -2.12. The summed E-state index contributed by atoms with van der Waals surface area (Å²) >= 11 is 0. The van der Waals surface area contributed by atoms with Crippen molar-refractivity contribution >= 4 is 11.9 Å². The summed E-state index contributed by atoms with van der Waals surface area (Å²) in [4.78, 5) is 22.5. The van der Waals surface area contributed by atoms with E-state index in [1.165, 1.54) is 13.8 Å². The van der Waals surface area contributed by atoms with E-state index in [-0.39, 0.29) is 13.2 Å². The second kappa shape index (κ2) is 7.05. The highest BCUT2D eigenvalue weighted by Gasteiger charge is 2.31. The maximum Gasteiger partial charge on any atom is 0.344 e. The van der Waals surface area contributed by atoms with Crippen molar-refractivity contribution in [2.24, 2.45) is 0 Å². The third kappa shape index (κ3) is 3.50. The molecule has 0 aliphatic carbocycles. The fourth-order valence-electron chi connectivity index (χ4n) is 1.57. The Kier molecular flexibility index (Phi) is 5.69. The van der Waals surface area contributed by atoms with Crippen molar-refractivity contribution in [2.75, 3.05) is 13.2 Å². The predicted molar refractivity (Wildman–Crippen MR) is 62.6 cm³/mol. The van der Waals surface area contributed by atoms with Gasteiger partial charge in [0, 0.05) is 5.56 Å². The van der Waals surface area contributed by atoms with Crippen LogP contribution in [0.1, 0.15) is 29.8 Å². The summed E-state index contributed by atoms with van der Waals surface area (Å²) in [7, 11) is 0. The van der Waals surface area contributed by atoms with E-state index in [1.54, 1.807) is 0 Å². The molecule has 0 aliphatic rings. The van der Waals surface area contributed by atoms with Gasteiger partial charge in [0.25, 0.3) is 0 Å². The van der Waals surface area contributed by atoms with Gasteiger partial charge in [-0.2, -0.15) is 0 Å². The van der Waals surface area contributed by atoms with E-state index in [0.29, 0.717) is 0 Å². The molecule has 0 unspecified atom stereocenters. The van der Waals surface area contributed by atoms with Crippen molar-refractivity contribution in [2.45, 2.75) is 20.3 Å². The lowest BCUT2D eigenvalue weighted by Crippen LogP contribution is -2.18. The fraction of sp³-hybridized carbons (Fsp3) is 0.385. The van der Waals surface area contributed by atoms with Crippen LogP contribution in [0.2, 0.25) is 0 Å². The number of carbonyl (C=O) groups is 2. The van der Waals surface area contributed by atoms with Crippen LogP contribution in [0.25, 0.3) is 0 Å². The molecule has 0 spiro atoms. The number of benzene rings is 1. The van der Waals surface area contributed by atoms with Gasteiger partial charge < -0.3 is 9.47 Å². The summed E-state index contributed by atoms with van der Waals surface area (Å²) in [5, 5.41) is 0. The second-order valence-electron chi connectivity index (χ2n) is 3.81. The second-order valence-corrected chi connectivity index (χ2v) is 3.81. The Bertz CT molecular complexity index is 543. The summed E-state index contributed by atoms with van der Waals surface area (Å²) < 4.78 is 63.5. The molecular weight excluding hydrogens is 296 g/mol. The van der Waals surface area contributed by atoms with Gasteiger partial charge in [-0.3, -0.25) is 4.79 Å². The molecule has 0 aromatic heterocycles. The Morgan fingerprint density at radius 1 is 0.857 bits per heavy atom. The predicted octanol–water partition coefficient (Wildman–Crippen LogP) is 2.53. The molecule has 0 amide bonds. The molecule has 116 valence electrons. The minimum absolute atomic E-state index is 0.0616. The average Bonchev–Trinajstić information content (AvgIpc) is 2.42. The third-order valence-corrected chi connectivity index (χ3v) is 2.46. The molecule has 0 aliphatic heterocycles. The molecule has 0 bridgehead atoms. The van der Waals surface area contributed by atoms with Gasteiger partial charge in [-0.05, 0) is 13.8 Å². The van der Waals surface area contributed by atoms with Gasteiger partial charge in [-0.25, -0.2) is 22.4 Å². The van der Waals surface area contributed by atoms with Crippen LogP contribution >= 0.6 is 0 Å². The van der Waals surface area contributed by atoms with E-state index in [1.807, 2.05) is 0 Å². The maximum atomic E-state index is 13.7. The normalized spacial score (nSPS) is 10.4. The van der Waals surface area contributed by atoms with Crippen LogP contribution in [0.5, 0.6) is 0 Å². The molecule has 0 N–H and O–H groups in total. The van der Waals surface area contributed by atoms with Crippen LogP contribution in [-0.2, 0) is 20.7 Å². The van der Waals surface area contributed by atoms with Gasteiger partial charge in [0.2, 0.25) is 0 Å². The molecule has 0 fully saturated rings. The SMILES string of the molecule is CCOC(=O)Cc1c(F)c(F)c(C(=O)OCC)c(F)c1F. The lowest BCUT2D eigenvalue weighted by atomic mass is 10.1. The zero-order valence-electron chi connectivity index (χ0n) is 11.3. The standard InChI is InChI=1S/C13H12F4O4/c1-3-20-7(18)5-6-9(14)11(16)8(12(17)10(6)15)13(19)21-4-2/h3-5H2,1-2H3. The van der Waals surface area contributed by atoms with E-state index in [9.17, 15) is 27.2 Å². The number of halogens is 4. The molecule has 0 radical (unpaired) electrons. The van der Waals surface area contributed by atoms with E-state index < -0.39 is 52.8 Å². The molecule has 21 heavy (non-hydrogen) atoms. The minimum atomic E-state index is -1.91. The number of carbonyl (C=O) groups excluding carboxylic acids is 2. The van der Waals surface area contributed by atoms with E-state index in [2.05, 4.69) is 9.47 Å². The molecule has 0 heterocycles. The van der Waals surface area contributed by atoms with Crippen molar-refractivity contribution in [3.63, 3.8) is 0 Å². The molecule has 0 saturated heterocycles. The number of ether oxygens (including phenoxy) is 2. The van der Waals surface area contributed by atoms with Crippen LogP contribution in [0, 0.1) is 23.3 Å². The van der Waals surface area contributed by atoms with Crippen LogP contribution in [0.3, 0.4) is 0 Å². The molecule has 4 nitrogen and oxygen atoms in total. The first kappa shape index (κ1) is 16.9. The highest BCUT2D eigenvalue weighted by atomic mass is 19.2. The lowest BCUT2D eigenvalue weighted by molar-refractivity contribution is -0.142. The van der Waals surface area contributed by atoms with Gasteiger partial charge in [-0.1, -0.05) is 0 Å². The van der Waals surface area contributed by atoms with Crippen LogP contribution < -0.4 is 0 Å². The van der Waals surface area contributed by atoms with Crippen molar-refractivity contribution in [3.8, 4) is 0 Å². The molecule has 0 saturated carbocycles. The minimum Gasteiger partial charge on any atom is -0.466 e. The van der Waals surface area contributed by atoms with E-state index in [0.717, 1.165) is 0 Å². The maximum absolute atomic E-state index is 13.7. The van der Waals surface area contributed by atoms with E-state index in [4.69, 9.17) is 0 Å².